The standard InChI is InChI=1S/C17H28N2O/c1-5-11-19-16(17(2,3)20-4)14-10-6-8-13-9-7-12-18-15(13)14/h7,9,12,14,16,19H,5-6,8,10-11H2,1-4H3. The average molecular weight is 276 g/mol. The number of hydrogen-bond acceptors (Lipinski definition) is 3. The molecule has 3 heteroatoms. The summed E-state index contributed by atoms with van der Waals surface area (Å²) in [6, 6.07) is 4.59. The Bertz CT molecular complexity index is 431. The summed E-state index contributed by atoms with van der Waals surface area (Å²) < 4.78 is 5.77. The molecule has 0 radical (unpaired) electrons. The maximum absolute atomic E-state index is 5.77. The first-order valence-corrected chi connectivity index (χ1v) is 7.82. The van der Waals surface area contributed by atoms with Crippen LogP contribution in [0.25, 0.3) is 0 Å². The second kappa shape index (κ2) is 6.68. The highest BCUT2D eigenvalue weighted by Crippen LogP contribution is 2.36. The van der Waals surface area contributed by atoms with E-state index in [2.05, 4.69) is 43.2 Å². The third-order valence-corrected chi connectivity index (χ3v) is 4.53. The first-order chi connectivity index (χ1) is 9.60. The highest BCUT2D eigenvalue weighted by atomic mass is 16.5. The van der Waals surface area contributed by atoms with E-state index in [1.54, 1.807) is 0 Å². The van der Waals surface area contributed by atoms with Crippen LogP contribution in [0.15, 0.2) is 18.3 Å². The highest BCUT2D eigenvalue weighted by Gasteiger charge is 2.38. The number of aromatic nitrogens is 1. The van der Waals surface area contributed by atoms with Gasteiger partial charge in [0, 0.05) is 31.0 Å². The molecule has 0 saturated heterocycles. The van der Waals surface area contributed by atoms with Gasteiger partial charge < -0.3 is 10.1 Å². The minimum atomic E-state index is -0.189. The van der Waals surface area contributed by atoms with Crippen molar-refractivity contribution in [2.75, 3.05) is 13.7 Å². The molecule has 0 fully saturated rings. The Kier molecular flexibility index (Phi) is 5.17. The van der Waals surface area contributed by atoms with E-state index in [1.807, 2.05) is 13.3 Å². The van der Waals surface area contributed by atoms with E-state index < -0.39 is 0 Å². The Morgan fingerprint density at radius 1 is 1.50 bits per heavy atom. The summed E-state index contributed by atoms with van der Waals surface area (Å²) in [6.45, 7) is 7.59. The maximum Gasteiger partial charge on any atom is 0.0781 e. The van der Waals surface area contributed by atoms with E-state index >= 15 is 0 Å². The fourth-order valence-corrected chi connectivity index (χ4v) is 3.27. The number of ether oxygens (including phenoxy) is 1. The number of pyridine rings is 1. The molecular formula is C17H28N2O. The van der Waals surface area contributed by atoms with Crippen LogP contribution in [-0.2, 0) is 11.2 Å². The molecule has 0 saturated carbocycles. The quantitative estimate of drug-likeness (QED) is 0.865. The van der Waals surface area contributed by atoms with Gasteiger partial charge in [-0.25, -0.2) is 0 Å². The van der Waals surface area contributed by atoms with Gasteiger partial charge in [-0.05, 0) is 57.7 Å². The summed E-state index contributed by atoms with van der Waals surface area (Å²) >= 11 is 0. The zero-order chi connectivity index (χ0) is 14.6. The molecule has 0 aliphatic heterocycles. The Morgan fingerprint density at radius 3 is 3.00 bits per heavy atom. The topological polar surface area (TPSA) is 34.2 Å². The van der Waals surface area contributed by atoms with Gasteiger partial charge in [0.25, 0.3) is 0 Å². The number of nitrogens with zero attached hydrogens (tertiary/aromatic N) is 1. The number of nitrogens with one attached hydrogen (secondary N) is 1. The lowest BCUT2D eigenvalue weighted by atomic mass is 9.76. The average Bonchev–Trinajstić information content (AvgIpc) is 2.47. The van der Waals surface area contributed by atoms with Crippen LogP contribution in [0.5, 0.6) is 0 Å². The minimum Gasteiger partial charge on any atom is -0.377 e. The largest absolute Gasteiger partial charge is 0.377 e. The number of hydrogen-bond donors (Lipinski definition) is 1. The summed E-state index contributed by atoms with van der Waals surface area (Å²) in [7, 11) is 1.81. The lowest BCUT2D eigenvalue weighted by Crippen LogP contribution is -2.52. The van der Waals surface area contributed by atoms with Gasteiger partial charge in [0.15, 0.2) is 0 Å². The van der Waals surface area contributed by atoms with Gasteiger partial charge in [-0.3, -0.25) is 4.98 Å². The molecule has 2 atom stereocenters. The monoisotopic (exact) mass is 276 g/mol. The number of aryl methyl sites for hydroxylation is 1. The lowest BCUT2D eigenvalue weighted by molar-refractivity contribution is -0.0201. The Morgan fingerprint density at radius 2 is 2.30 bits per heavy atom. The molecular weight excluding hydrogens is 248 g/mol. The van der Waals surface area contributed by atoms with E-state index in [0.717, 1.165) is 19.4 Å². The molecule has 0 spiro atoms. The number of fused-ring (bicyclic) bond motifs is 1. The first kappa shape index (κ1) is 15.5. The predicted octanol–water partition coefficient (Wildman–Crippen LogP) is 3.29. The smallest absolute Gasteiger partial charge is 0.0781 e. The summed E-state index contributed by atoms with van der Waals surface area (Å²) in [5, 5.41) is 3.71. The van der Waals surface area contributed by atoms with E-state index in [1.165, 1.54) is 24.1 Å². The summed E-state index contributed by atoms with van der Waals surface area (Å²) in [5.74, 6) is 0.446. The normalized spacial score (nSPS) is 20.5. The van der Waals surface area contributed by atoms with Crippen LogP contribution < -0.4 is 5.32 Å². The van der Waals surface area contributed by atoms with E-state index in [-0.39, 0.29) is 5.60 Å². The van der Waals surface area contributed by atoms with Crippen molar-refractivity contribution in [3.8, 4) is 0 Å². The van der Waals surface area contributed by atoms with Crippen LogP contribution in [0, 0.1) is 0 Å². The van der Waals surface area contributed by atoms with Crippen molar-refractivity contribution in [3.63, 3.8) is 0 Å². The van der Waals surface area contributed by atoms with E-state index in [4.69, 9.17) is 4.74 Å². The van der Waals surface area contributed by atoms with Gasteiger partial charge in [-0.1, -0.05) is 13.0 Å². The van der Waals surface area contributed by atoms with Gasteiger partial charge in [0.1, 0.15) is 0 Å². The maximum atomic E-state index is 5.77. The molecule has 3 nitrogen and oxygen atoms in total. The zero-order valence-corrected chi connectivity index (χ0v) is 13.3. The molecule has 1 aromatic rings. The molecule has 1 aliphatic carbocycles. The van der Waals surface area contributed by atoms with Crippen LogP contribution in [0.2, 0.25) is 0 Å². The van der Waals surface area contributed by atoms with Crippen LogP contribution in [0.4, 0.5) is 0 Å². The van der Waals surface area contributed by atoms with Crippen molar-refractivity contribution in [3.05, 3.63) is 29.6 Å². The second-order valence-electron chi connectivity index (χ2n) is 6.29. The predicted molar refractivity (Wildman–Crippen MR) is 83.1 cm³/mol. The highest BCUT2D eigenvalue weighted by molar-refractivity contribution is 5.28. The molecule has 112 valence electrons. The first-order valence-electron chi connectivity index (χ1n) is 7.82. The van der Waals surface area contributed by atoms with Gasteiger partial charge in [0.05, 0.1) is 5.60 Å². The lowest BCUT2D eigenvalue weighted by Gasteiger charge is -2.41. The molecule has 1 aliphatic rings. The molecule has 0 aromatic carbocycles. The molecule has 0 amide bonds. The van der Waals surface area contributed by atoms with Crippen LogP contribution in [0.1, 0.15) is 57.2 Å². The van der Waals surface area contributed by atoms with Gasteiger partial charge in [-0.15, -0.1) is 0 Å². The third-order valence-electron chi connectivity index (χ3n) is 4.53. The Balaban J connectivity index is 2.30. The zero-order valence-electron chi connectivity index (χ0n) is 13.3. The Labute approximate surface area is 123 Å². The van der Waals surface area contributed by atoms with Crippen molar-refractivity contribution in [1.29, 1.82) is 0 Å². The molecule has 0 bridgehead atoms. The van der Waals surface area contributed by atoms with Gasteiger partial charge in [-0.2, -0.15) is 0 Å². The fraction of sp³-hybridized carbons (Fsp3) is 0.706. The van der Waals surface area contributed by atoms with E-state index in [9.17, 15) is 0 Å². The minimum absolute atomic E-state index is 0.189. The molecule has 2 rings (SSSR count). The van der Waals surface area contributed by atoms with Crippen LogP contribution >= 0.6 is 0 Å². The second-order valence-corrected chi connectivity index (χ2v) is 6.29. The molecule has 20 heavy (non-hydrogen) atoms. The summed E-state index contributed by atoms with van der Waals surface area (Å²) in [6.07, 6.45) is 6.66. The summed E-state index contributed by atoms with van der Waals surface area (Å²) in [4.78, 5) is 4.68. The fourth-order valence-electron chi connectivity index (χ4n) is 3.27. The van der Waals surface area contributed by atoms with Crippen LogP contribution in [0.3, 0.4) is 0 Å². The van der Waals surface area contributed by atoms with Crippen LogP contribution in [-0.4, -0.2) is 30.3 Å². The van der Waals surface area contributed by atoms with Crippen molar-refractivity contribution < 1.29 is 4.74 Å². The summed E-state index contributed by atoms with van der Waals surface area (Å²) in [5.41, 5.74) is 2.50. The SMILES string of the molecule is CCCNC(C1CCCc2cccnc21)C(C)(C)OC. The van der Waals surface area contributed by atoms with Crippen molar-refractivity contribution in [2.45, 2.75) is 64.0 Å². The molecule has 1 heterocycles. The third kappa shape index (κ3) is 3.21. The van der Waals surface area contributed by atoms with Gasteiger partial charge >= 0.3 is 0 Å². The Hall–Kier alpha value is -0.930. The number of methoxy groups -OCH3 is 1. The van der Waals surface area contributed by atoms with E-state index in [0.29, 0.717) is 12.0 Å². The molecule has 1 aromatic heterocycles. The van der Waals surface area contributed by atoms with Gasteiger partial charge in [0.2, 0.25) is 0 Å². The van der Waals surface area contributed by atoms with Crippen molar-refractivity contribution in [1.82, 2.24) is 10.3 Å². The number of rotatable bonds is 6. The van der Waals surface area contributed by atoms with Crippen molar-refractivity contribution in [2.24, 2.45) is 0 Å². The molecule has 1 N–H and O–H groups in total. The molecule has 2 unspecified atom stereocenters. The van der Waals surface area contributed by atoms with Crippen molar-refractivity contribution >= 4 is 0 Å².